The molecule has 2 heterocycles. The topological polar surface area (TPSA) is 119 Å². The maximum absolute atomic E-state index is 12.3. The first-order chi connectivity index (χ1) is 14.4. The third-order valence-electron chi connectivity index (χ3n) is 4.15. The van der Waals surface area contributed by atoms with Crippen LogP contribution in [-0.4, -0.2) is 38.3 Å². The van der Waals surface area contributed by atoms with Crippen LogP contribution in [0.4, 0.5) is 0 Å². The molecule has 2 aliphatic rings. The fourth-order valence-corrected chi connectivity index (χ4v) is 3.10. The third kappa shape index (κ3) is 3.87. The second-order valence-electron chi connectivity index (χ2n) is 6.19. The Morgan fingerprint density at radius 1 is 1.27 bits per heavy atom. The van der Waals surface area contributed by atoms with Gasteiger partial charge in [-0.25, -0.2) is 9.79 Å². The van der Waals surface area contributed by atoms with E-state index in [9.17, 15) is 9.59 Å². The molecule has 2 aromatic carbocycles. The predicted octanol–water partition coefficient (Wildman–Crippen LogP) is 2.29. The summed E-state index contributed by atoms with van der Waals surface area (Å²) in [6.07, 6.45) is 1.49. The molecule has 2 N–H and O–H groups in total. The molecule has 2 aromatic rings. The fourth-order valence-electron chi connectivity index (χ4n) is 2.83. The summed E-state index contributed by atoms with van der Waals surface area (Å²) in [5, 5.41) is 0.175. The summed E-state index contributed by atoms with van der Waals surface area (Å²) >= 11 is 6.23. The van der Waals surface area contributed by atoms with Crippen LogP contribution in [0.1, 0.15) is 11.1 Å². The number of nitrogens with zero attached hydrogens (tertiary/aromatic N) is 1. The number of amides is 1. The molecule has 9 nitrogen and oxygen atoms in total. The zero-order valence-corrected chi connectivity index (χ0v) is 16.4. The van der Waals surface area contributed by atoms with E-state index in [-0.39, 0.29) is 41.5 Å². The summed E-state index contributed by atoms with van der Waals surface area (Å²) in [5.74, 6) is 0.460. The van der Waals surface area contributed by atoms with Crippen LogP contribution in [0.3, 0.4) is 0 Å². The van der Waals surface area contributed by atoms with Crippen LogP contribution in [0, 0.1) is 0 Å². The number of carbonyl (C=O) groups excluding carboxylic acids is 2. The van der Waals surface area contributed by atoms with Gasteiger partial charge in [-0.3, -0.25) is 4.79 Å². The molecule has 0 spiro atoms. The van der Waals surface area contributed by atoms with Gasteiger partial charge < -0.3 is 29.4 Å². The Hall–Kier alpha value is -3.72. The molecule has 1 amide bonds. The molecular weight excluding hydrogens is 416 g/mol. The van der Waals surface area contributed by atoms with Crippen molar-refractivity contribution >= 4 is 35.5 Å². The first kappa shape index (κ1) is 19.6. The number of halogens is 1. The Labute approximate surface area is 175 Å². The molecule has 30 heavy (non-hydrogen) atoms. The molecule has 0 aliphatic carbocycles. The minimum Gasteiger partial charge on any atom is -0.493 e. The zero-order chi connectivity index (χ0) is 21.3. The van der Waals surface area contributed by atoms with Gasteiger partial charge in [-0.15, -0.1) is 0 Å². The molecule has 2 aliphatic heterocycles. The molecule has 0 saturated heterocycles. The summed E-state index contributed by atoms with van der Waals surface area (Å²) in [7, 11) is 1.42. The lowest BCUT2D eigenvalue weighted by molar-refractivity contribution is -0.130. The van der Waals surface area contributed by atoms with Gasteiger partial charge in [0.25, 0.3) is 5.91 Å². The van der Waals surface area contributed by atoms with Crippen molar-refractivity contribution in [3.63, 3.8) is 0 Å². The Balaban J connectivity index is 1.63. The fraction of sp³-hybridized carbons (Fsp3) is 0.150. The number of esters is 1. The molecule has 0 bridgehead atoms. The lowest BCUT2D eigenvalue weighted by Crippen LogP contribution is -2.20. The van der Waals surface area contributed by atoms with Crippen LogP contribution in [0.5, 0.6) is 23.0 Å². The summed E-state index contributed by atoms with van der Waals surface area (Å²) < 4.78 is 26.4. The van der Waals surface area contributed by atoms with E-state index < -0.39 is 11.9 Å². The number of cyclic esters (lactones) is 1. The van der Waals surface area contributed by atoms with Gasteiger partial charge in [0.1, 0.15) is 0 Å². The smallest absolute Gasteiger partial charge is 0.363 e. The minimum atomic E-state index is -0.654. The number of fused-ring (bicyclic) bond motifs is 1. The van der Waals surface area contributed by atoms with Crippen molar-refractivity contribution < 1.29 is 33.3 Å². The maximum Gasteiger partial charge on any atom is 0.363 e. The number of ether oxygens (including phenoxy) is 5. The van der Waals surface area contributed by atoms with Crippen molar-refractivity contribution in [2.75, 3.05) is 20.5 Å². The summed E-state index contributed by atoms with van der Waals surface area (Å²) in [6, 6.07) is 8.23. The molecule has 0 aromatic heterocycles. The van der Waals surface area contributed by atoms with Crippen LogP contribution in [0.15, 0.2) is 41.0 Å². The van der Waals surface area contributed by atoms with Crippen LogP contribution in [0.25, 0.3) is 6.08 Å². The Bertz CT molecular complexity index is 1110. The van der Waals surface area contributed by atoms with E-state index in [2.05, 4.69) is 4.99 Å². The second-order valence-corrected chi connectivity index (χ2v) is 6.60. The first-order valence-corrected chi connectivity index (χ1v) is 9.03. The van der Waals surface area contributed by atoms with Crippen molar-refractivity contribution in [1.82, 2.24) is 0 Å². The molecule has 0 unspecified atom stereocenters. The van der Waals surface area contributed by atoms with Crippen molar-refractivity contribution in [2.45, 2.75) is 0 Å². The first-order valence-electron chi connectivity index (χ1n) is 8.66. The lowest BCUT2D eigenvalue weighted by atomic mass is 10.1. The molecule has 0 atom stereocenters. The van der Waals surface area contributed by atoms with Gasteiger partial charge in [-0.05, 0) is 42.0 Å². The predicted molar refractivity (Wildman–Crippen MR) is 106 cm³/mol. The van der Waals surface area contributed by atoms with Gasteiger partial charge in [-0.1, -0.05) is 11.6 Å². The molecular formula is C20H15ClN2O7. The van der Waals surface area contributed by atoms with Crippen molar-refractivity contribution in [3.05, 3.63) is 52.2 Å². The summed E-state index contributed by atoms with van der Waals surface area (Å²) in [5.41, 5.74) is 6.25. The van der Waals surface area contributed by atoms with E-state index >= 15 is 0 Å². The average molecular weight is 431 g/mol. The quantitative estimate of drug-likeness (QED) is 0.551. The van der Waals surface area contributed by atoms with Gasteiger partial charge in [0.05, 0.1) is 12.1 Å². The lowest BCUT2D eigenvalue weighted by Gasteiger charge is -2.12. The van der Waals surface area contributed by atoms with Crippen LogP contribution in [-0.2, 0) is 14.3 Å². The molecule has 4 rings (SSSR count). The van der Waals surface area contributed by atoms with Gasteiger partial charge in [0.2, 0.25) is 12.7 Å². The van der Waals surface area contributed by atoms with E-state index in [0.717, 1.165) is 0 Å². The normalized spacial score (nSPS) is 15.7. The van der Waals surface area contributed by atoms with Crippen LogP contribution < -0.4 is 24.7 Å². The van der Waals surface area contributed by atoms with E-state index in [1.165, 1.54) is 19.3 Å². The van der Waals surface area contributed by atoms with Crippen LogP contribution >= 0.6 is 11.6 Å². The SMILES string of the molecule is COc1cc(/C=C2/N=C(c3ccc4c(c3)OCO4)OC2=O)cc(Cl)c1OCC(N)=O. The Morgan fingerprint density at radius 3 is 2.83 bits per heavy atom. The average Bonchev–Trinajstić information content (AvgIpc) is 3.32. The summed E-state index contributed by atoms with van der Waals surface area (Å²) in [4.78, 5) is 27.5. The second kappa shape index (κ2) is 7.96. The number of hydrogen-bond acceptors (Lipinski definition) is 8. The highest BCUT2D eigenvalue weighted by Crippen LogP contribution is 2.37. The van der Waals surface area contributed by atoms with Crippen molar-refractivity contribution in [2.24, 2.45) is 10.7 Å². The Morgan fingerprint density at radius 2 is 2.07 bits per heavy atom. The zero-order valence-electron chi connectivity index (χ0n) is 15.6. The number of benzene rings is 2. The molecule has 0 saturated carbocycles. The van der Waals surface area contributed by atoms with E-state index in [0.29, 0.717) is 22.6 Å². The van der Waals surface area contributed by atoms with E-state index in [1.54, 1.807) is 24.3 Å². The van der Waals surface area contributed by atoms with Crippen molar-refractivity contribution in [1.29, 1.82) is 0 Å². The van der Waals surface area contributed by atoms with E-state index in [1.807, 2.05) is 0 Å². The number of carbonyl (C=O) groups is 2. The maximum atomic E-state index is 12.3. The highest BCUT2D eigenvalue weighted by Gasteiger charge is 2.26. The molecule has 0 radical (unpaired) electrons. The van der Waals surface area contributed by atoms with E-state index in [4.69, 9.17) is 41.0 Å². The standard InChI is InChI=1S/C20H15ClN2O7/c1-26-16-6-10(4-12(21)18(16)27-8-17(22)24)5-13-20(25)30-19(23-13)11-2-3-14-15(7-11)29-9-28-14/h2-7H,8-9H2,1H3,(H2,22,24)/b13-5+. The van der Waals surface area contributed by atoms with Crippen LogP contribution in [0.2, 0.25) is 5.02 Å². The summed E-state index contributed by atoms with van der Waals surface area (Å²) in [6.45, 7) is -0.218. The minimum absolute atomic E-state index is 0.0755. The number of rotatable bonds is 6. The number of primary amides is 1. The number of nitrogens with two attached hydrogens (primary N) is 1. The Kier molecular flexibility index (Phi) is 5.20. The monoisotopic (exact) mass is 430 g/mol. The van der Waals surface area contributed by atoms with Gasteiger partial charge >= 0.3 is 5.97 Å². The number of hydrogen-bond donors (Lipinski definition) is 1. The van der Waals surface area contributed by atoms with Gasteiger partial charge in [-0.2, -0.15) is 0 Å². The molecule has 0 fully saturated rings. The highest BCUT2D eigenvalue weighted by atomic mass is 35.5. The molecule has 10 heteroatoms. The third-order valence-corrected chi connectivity index (χ3v) is 4.43. The van der Waals surface area contributed by atoms with Gasteiger partial charge in [0.15, 0.2) is 35.3 Å². The largest absolute Gasteiger partial charge is 0.493 e. The number of methoxy groups -OCH3 is 1. The highest BCUT2D eigenvalue weighted by molar-refractivity contribution is 6.32. The van der Waals surface area contributed by atoms with Crippen molar-refractivity contribution in [3.8, 4) is 23.0 Å². The molecule has 154 valence electrons. The number of aliphatic imine (C=N–C) groups is 1. The van der Waals surface area contributed by atoms with Gasteiger partial charge in [0, 0.05) is 5.56 Å².